The van der Waals surface area contributed by atoms with E-state index in [9.17, 15) is 13.2 Å². The van der Waals surface area contributed by atoms with Crippen molar-refractivity contribution in [3.8, 4) is 0 Å². The fourth-order valence-corrected chi connectivity index (χ4v) is 3.63. The quantitative estimate of drug-likeness (QED) is 0.770. The highest BCUT2D eigenvalue weighted by atomic mass is 32.2. The van der Waals surface area contributed by atoms with E-state index in [1.165, 1.54) is 4.68 Å². The highest BCUT2D eigenvalue weighted by Gasteiger charge is 2.28. The van der Waals surface area contributed by atoms with Crippen LogP contribution in [0.25, 0.3) is 0 Å². The number of hydrogen-bond acceptors (Lipinski definition) is 4. The molecule has 0 spiro atoms. The van der Waals surface area contributed by atoms with Crippen molar-refractivity contribution >= 4 is 16.0 Å². The van der Waals surface area contributed by atoms with E-state index in [0.717, 1.165) is 12.8 Å². The monoisotopic (exact) mass is 301 g/mol. The van der Waals surface area contributed by atoms with Crippen molar-refractivity contribution in [3.63, 3.8) is 0 Å². The Hall–Kier alpha value is -1.41. The van der Waals surface area contributed by atoms with Crippen LogP contribution < -0.4 is 4.72 Å². The van der Waals surface area contributed by atoms with E-state index < -0.39 is 16.0 Å². The predicted molar refractivity (Wildman–Crippen MR) is 71.9 cm³/mol. The second-order valence-corrected chi connectivity index (χ2v) is 6.87. The van der Waals surface area contributed by atoms with Gasteiger partial charge in [0.05, 0.1) is 24.4 Å². The first-order chi connectivity index (χ1) is 9.31. The number of carboxylic acid groups (broad SMARTS) is 1. The molecule has 2 N–H and O–H groups in total. The maximum Gasteiger partial charge on any atom is 0.305 e. The molecule has 1 heterocycles. The Bertz CT molecular complexity index is 617. The molecule has 1 aromatic heterocycles. The Labute approximate surface area is 118 Å². The molecule has 1 fully saturated rings. The lowest BCUT2D eigenvalue weighted by Crippen LogP contribution is -2.26. The van der Waals surface area contributed by atoms with Gasteiger partial charge >= 0.3 is 5.97 Å². The zero-order valence-corrected chi connectivity index (χ0v) is 12.4. The van der Waals surface area contributed by atoms with Crippen LogP contribution in [-0.2, 0) is 21.4 Å². The average molecular weight is 301 g/mol. The molecule has 0 aliphatic heterocycles. The minimum absolute atomic E-state index is 0.0864. The highest BCUT2D eigenvalue weighted by Crippen LogP contribution is 2.28. The van der Waals surface area contributed by atoms with Crippen molar-refractivity contribution in [3.05, 3.63) is 11.4 Å². The topological polar surface area (TPSA) is 101 Å². The summed E-state index contributed by atoms with van der Waals surface area (Å²) < 4.78 is 28.6. The lowest BCUT2D eigenvalue weighted by Gasteiger charge is -2.07. The van der Waals surface area contributed by atoms with E-state index in [1.807, 2.05) is 0 Å². The maximum absolute atomic E-state index is 12.3. The number of carboxylic acids is 1. The van der Waals surface area contributed by atoms with E-state index >= 15 is 0 Å². The second-order valence-electron chi connectivity index (χ2n) is 5.16. The van der Waals surface area contributed by atoms with Gasteiger partial charge in [-0.2, -0.15) is 5.10 Å². The van der Waals surface area contributed by atoms with Gasteiger partial charge in [-0.25, -0.2) is 13.1 Å². The van der Waals surface area contributed by atoms with Gasteiger partial charge in [-0.1, -0.05) is 0 Å². The zero-order chi connectivity index (χ0) is 14.9. The third-order valence-corrected chi connectivity index (χ3v) is 5.06. The Morgan fingerprint density at radius 2 is 2.10 bits per heavy atom. The third-order valence-electron chi connectivity index (χ3n) is 3.38. The Balaban J connectivity index is 2.19. The summed E-state index contributed by atoms with van der Waals surface area (Å²) in [5, 5.41) is 12.8. The van der Waals surface area contributed by atoms with Crippen LogP contribution in [0.15, 0.2) is 4.90 Å². The number of aryl methyl sites for hydroxylation is 2. The summed E-state index contributed by atoms with van der Waals surface area (Å²) in [4.78, 5) is 10.8. The molecule has 0 atom stereocenters. The number of nitrogens with one attached hydrogen (secondary N) is 1. The van der Waals surface area contributed by atoms with Gasteiger partial charge in [-0.05, 0) is 32.6 Å². The fraction of sp³-hybridized carbons (Fsp3) is 0.667. The minimum atomic E-state index is -3.58. The Morgan fingerprint density at radius 1 is 1.45 bits per heavy atom. The molecule has 0 bridgehead atoms. The standard InChI is InChI=1S/C12H19N3O4S/c1-8-12(20(18,19)13-7-10-3-4-10)9(2)15(14-8)6-5-11(16)17/h10,13H,3-7H2,1-2H3,(H,16,17). The molecule has 8 heteroatoms. The molecule has 1 aliphatic rings. The van der Waals surface area contributed by atoms with Crippen LogP contribution >= 0.6 is 0 Å². The minimum Gasteiger partial charge on any atom is -0.481 e. The molecule has 0 saturated heterocycles. The number of hydrogen-bond donors (Lipinski definition) is 2. The van der Waals surface area contributed by atoms with Crippen molar-refractivity contribution < 1.29 is 18.3 Å². The summed E-state index contributed by atoms with van der Waals surface area (Å²) >= 11 is 0. The lowest BCUT2D eigenvalue weighted by molar-refractivity contribution is -0.137. The summed E-state index contributed by atoms with van der Waals surface area (Å²) in [6.07, 6.45) is 2.05. The van der Waals surface area contributed by atoms with Crippen molar-refractivity contribution in [1.82, 2.24) is 14.5 Å². The molecule has 7 nitrogen and oxygen atoms in total. The van der Waals surface area contributed by atoms with Crippen molar-refractivity contribution in [2.75, 3.05) is 6.54 Å². The van der Waals surface area contributed by atoms with Crippen LogP contribution in [0.1, 0.15) is 30.7 Å². The third kappa shape index (κ3) is 3.37. The second kappa shape index (κ2) is 5.53. The van der Waals surface area contributed by atoms with Gasteiger partial charge in [0.2, 0.25) is 10.0 Å². The Kier molecular flexibility index (Phi) is 4.14. The van der Waals surface area contributed by atoms with Gasteiger partial charge in [0, 0.05) is 6.54 Å². The molecule has 112 valence electrons. The molecule has 0 amide bonds. The van der Waals surface area contributed by atoms with Gasteiger partial charge in [-0.3, -0.25) is 9.48 Å². The van der Waals surface area contributed by atoms with Gasteiger partial charge in [0.15, 0.2) is 0 Å². The first kappa shape index (κ1) is 15.0. The number of aliphatic carboxylic acids is 1. The number of carbonyl (C=O) groups is 1. The summed E-state index contributed by atoms with van der Waals surface area (Å²) in [5.74, 6) is -0.485. The smallest absolute Gasteiger partial charge is 0.305 e. The number of aromatic nitrogens is 2. The van der Waals surface area contributed by atoms with E-state index in [0.29, 0.717) is 23.9 Å². The van der Waals surface area contributed by atoms with Crippen LogP contribution in [0.5, 0.6) is 0 Å². The normalized spacial score (nSPS) is 15.5. The lowest BCUT2D eigenvalue weighted by atomic mass is 10.4. The highest BCUT2D eigenvalue weighted by molar-refractivity contribution is 7.89. The number of sulfonamides is 1. The van der Waals surface area contributed by atoms with E-state index in [4.69, 9.17) is 5.11 Å². The first-order valence-corrected chi connectivity index (χ1v) is 8.05. The van der Waals surface area contributed by atoms with Crippen LogP contribution in [0, 0.1) is 19.8 Å². The average Bonchev–Trinajstić information content (AvgIpc) is 3.11. The molecule has 1 aliphatic carbocycles. The molecule has 0 unspecified atom stereocenters. The molecule has 0 radical (unpaired) electrons. The summed E-state index contributed by atoms with van der Waals surface area (Å²) in [7, 11) is -3.58. The van der Waals surface area contributed by atoms with Crippen molar-refractivity contribution in [1.29, 1.82) is 0 Å². The Morgan fingerprint density at radius 3 is 2.65 bits per heavy atom. The largest absolute Gasteiger partial charge is 0.481 e. The predicted octanol–water partition coefficient (Wildman–Crippen LogP) is 0.663. The zero-order valence-electron chi connectivity index (χ0n) is 11.6. The van der Waals surface area contributed by atoms with Gasteiger partial charge in [0.1, 0.15) is 4.90 Å². The van der Waals surface area contributed by atoms with Crippen LogP contribution in [0.4, 0.5) is 0 Å². The number of nitrogens with zero attached hydrogens (tertiary/aromatic N) is 2. The first-order valence-electron chi connectivity index (χ1n) is 6.56. The summed E-state index contributed by atoms with van der Waals surface area (Å²) in [5.41, 5.74) is 0.878. The molecule has 2 rings (SSSR count). The van der Waals surface area contributed by atoms with Gasteiger partial charge in [-0.15, -0.1) is 0 Å². The van der Waals surface area contributed by atoms with Gasteiger partial charge in [0.25, 0.3) is 0 Å². The molecule has 1 aromatic rings. The van der Waals surface area contributed by atoms with E-state index in [2.05, 4.69) is 9.82 Å². The molecule has 1 saturated carbocycles. The van der Waals surface area contributed by atoms with Crippen molar-refractivity contribution in [2.24, 2.45) is 5.92 Å². The van der Waals surface area contributed by atoms with E-state index in [1.54, 1.807) is 13.8 Å². The van der Waals surface area contributed by atoms with Gasteiger partial charge < -0.3 is 5.11 Å². The maximum atomic E-state index is 12.3. The molecular formula is C12H19N3O4S. The SMILES string of the molecule is Cc1nn(CCC(=O)O)c(C)c1S(=O)(=O)NCC1CC1. The van der Waals surface area contributed by atoms with Crippen LogP contribution in [0.2, 0.25) is 0 Å². The van der Waals surface area contributed by atoms with E-state index in [-0.39, 0.29) is 17.9 Å². The van der Waals surface area contributed by atoms with Crippen LogP contribution in [0.3, 0.4) is 0 Å². The molecule has 0 aromatic carbocycles. The fourth-order valence-electron chi connectivity index (χ4n) is 2.11. The van der Waals surface area contributed by atoms with Crippen molar-refractivity contribution in [2.45, 2.75) is 44.6 Å². The number of rotatable bonds is 7. The van der Waals surface area contributed by atoms with Crippen LogP contribution in [-0.4, -0.2) is 35.8 Å². The summed E-state index contributed by atoms with van der Waals surface area (Å²) in [6.45, 7) is 3.89. The molecular weight excluding hydrogens is 282 g/mol. The molecule has 20 heavy (non-hydrogen) atoms. The summed E-state index contributed by atoms with van der Waals surface area (Å²) in [6, 6.07) is 0.